The van der Waals surface area contributed by atoms with Gasteiger partial charge in [0, 0.05) is 0 Å². The zero-order chi connectivity index (χ0) is 20.0. The van der Waals surface area contributed by atoms with Gasteiger partial charge in [-0.15, -0.1) is 0 Å². The van der Waals surface area contributed by atoms with Crippen molar-refractivity contribution in [3.05, 3.63) is 33.4 Å². The van der Waals surface area contributed by atoms with Crippen LogP contribution in [0, 0.1) is 0 Å². The number of hydrogen-bond donors (Lipinski definition) is 6. The molecule has 4 heterocycles. The van der Waals surface area contributed by atoms with E-state index in [0.29, 0.717) is 0 Å². The maximum atomic E-state index is 11.8. The minimum Gasteiger partial charge on any atom is -0.373 e. The van der Waals surface area contributed by atoms with Gasteiger partial charge in [-0.2, -0.15) is 9.97 Å². The first-order valence-electron chi connectivity index (χ1n) is 8.16. The maximum Gasteiger partial charge on any atom is 0.280 e. The molecule has 0 radical (unpaired) electrons. The summed E-state index contributed by atoms with van der Waals surface area (Å²) in [4.78, 5) is 44.0. The van der Waals surface area contributed by atoms with E-state index in [2.05, 4.69) is 29.9 Å². The minimum absolute atomic E-state index is 0.0355. The van der Waals surface area contributed by atoms with Gasteiger partial charge in [-0.3, -0.25) is 28.7 Å². The van der Waals surface area contributed by atoms with Gasteiger partial charge in [-0.1, -0.05) is 0 Å². The first-order valence-corrected chi connectivity index (χ1v) is 8.16. The minimum atomic E-state index is -1.13. The molecule has 0 saturated heterocycles. The van der Waals surface area contributed by atoms with Crippen molar-refractivity contribution in [3.8, 4) is 0 Å². The van der Waals surface area contributed by atoms with E-state index in [1.165, 1.54) is 21.8 Å². The van der Waals surface area contributed by atoms with Gasteiger partial charge in [0.2, 0.25) is 11.9 Å². The topological polar surface area (TPSA) is 220 Å². The highest BCUT2D eigenvalue weighted by Crippen LogP contribution is 2.22. The molecule has 0 aliphatic heterocycles. The molecular weight excluding hydrogens is 372 g/mol. The van der Waals surface area contributed by atoms with E-state index >= 15 is 0 Å². The molecule has 0 amide bonds. The number of fused-ring (bicyclic) bond motifs is 2. The van der Waals surface area contributed by atoms with Crippen molar-refractivity contribution in [1.82, 2.24) is 39.0 Å². The third kappa shape index (κ3) is 2.85. The van der Waals surface area contributed by atoms with Crippen LogP contribution in [0.5, 0.6) is 0 Å². The Hall–Kier alpha value is -3.78. The lowest BCUT2D eigenvalue weighted by Crippen LogP contribution is -2.16. The van der Waals surface area contributed by atoms with E-state index in [4.69, 9.17) is 11.5 Å². The van der Waals surface area contributed by atoms with Crippen molar-refractivity contribution in [3.63, 3.8) is 0 Å². The van der Waals surface area contributed by atoms with Gasteiger partial charge in [0.15, 0.2) is 22.3 Å². The summed E-state index contributed by atoms with van der Waals surface area (Å²) >= 11 is 0. The number of imidazole rings is 2. The Kier molecular flexibility index (Phi) is 4.05. The monoisotopic (exact) mass is 388 g/mol. The van der Waals surface area contributed by atoms with Gasteiger partial charge >= 0.3 is 0 Å². The summed E-state index contributed by atoms with van der Waals surface area (Å²) in [6, 6.07) is 0. The first-order chi connectivity index (χ1) is 13.3. The molecule has 4 aromatic heterocycles. The van der Waals surface area contributed by atoms with Crippen LogP contribution in [0.15, 0.2) is 22.2 Å². The zero-order valence-corrected chi connectivity index (χ0v) is 14.3. The molecule has 0 aliphatic carbocycles. The van der Waals surface area contributed by atoms with Crippen LogP contribution in [-0.4, -0.2) is 49.3 Å². The molecule has 0 unspecified atom stereocenters. The second-order valence-corrected chi connectivity index (χ2v) is 6.09. The molecule has 14 nitrogen and oxygen atoms in total. The van der Waals surface area contributed by atoms with Crippen LogP contribution in [0.25, 0.3) is 22.3 Å². The molecule has 2 atom stereocenters. The molecule has 0 fully saturated rings. The SMILES string of the molecule is Nc1nc2c(ncn2[C@H](O)CC[C@@H](O)n2cnc3c(=O)[nH]c(N)nc32)c(=O)[nH]1. The molecule has 28 heavy (non-hydrogen) atoms. The van der Waals surface area contributed by atoms with Crippen molar-refractivity contribution in [2.45, 2.75) is 25.3 Å². The highest BCUT2D eigenvalue weighted by Gasteiger charge is 2.19. The van der Waals surface area contributed by atoms with E-state index in [-0.39, 0.29) is 47.1 Å². The number of nitrogens with zero attached hydrogens (tertiary/aromatic N) is 6. The highest BCUT2D eigenvalue weighted by atomic mass is 16.3. The second kappa shape index (κ2) is 6.43. The van der Waals surface area contributed by atoms with Crippen LogP contribution in [-0.2, 0) is 0 Å². The molecule has 14 heteroatoms. The third-order valence-corrected chi connectivity index (χ3v) is 4.23. The molecular formula is C14H16N10O4. The number of rotatable bonds is 5. The molecule has 146 valence electrons. The summed E-state index contributed by atoms with van der Waals surface area (Å²) in [7, 11) is 0. The summed E-state index contributed by atoms with van der Waals surface area (Å²) in [5.41, 5.74) is 10.3. The highest BCUT2D eigenvalue weighted by molar-refractivity contribution is 5.71. The lowest BCUT2D eigenvalue weighted by molar-refractivity contribution is 0.0458. The largest absolute Gasteiger partial charge is 0.373 e. The van der Waals surface area contributed by atoms with Crippen LogP contribution >= 0.6 is 0 Å². The number of H-pyrrole nitrogens is 2. The Morgan fingerprint density at radius 3 is 1.64 bits per heavy atom. The molecule has 4 aromatic rings. The average Bonchev–Trinajstić information content (AvgIpc) is 3.23. The number of hydrogen-bond acceptors (Lipinski definition) is 10. The quantitative estimate of drug-likeness (QED) is 0.225. The van der Waals surface area contributed by atoms with Gasteiger partial charge in [0.1, 0.15) is 12.5 Å². The summed E-state index contributed by atoms with van der Waals surface area (Å²) in [5, 5.41) is 20.9. The van der Waals surface area contributed by atoms with Crippen LogP contribution < -0.4 is 22.6 Å². The van der Waals surface area contributed by atoms with Gasteiger partial charge in [0.05, 0.1) is 12.7 Å². The number of nitrogens with one attached hydrogen (secondary N) is 2. The number of nitrogen functional groups attached to an aromatic ring is 2. The Morgan fingerprint density at radius 1 is 0.857 bits per heavy atom. The fourth-order valence-electron chi connectivity index (χ4n) is 2.90. The van der Waals surface area contributed by atoms with Crippen molar-refractivity contribution < 1.29 is 10.2 Å². The van der Waals surface area contributed by atoms with Crippen LogP contribution in [0.2, 0.25) is 0 Å². The number of aromatic nitrogens is 8. The van der Waals surface area contributed by atoms with E-state index in [1.807, 2.05) is 0 Å². The van der Waals surface area contributed by atoms with Crippen molar-refractivity contribution in [1.29, 1.82) is 0 Å². The first kappa shape index (κ1) is 17.6. The number of nitrogens with two attached hydrogens (primary N) is 2. The molecule has 4 rings (SSSR count). The van der Waals surface area contributed by atoms with Crippen LogP contribution in [0.1, 0.15) is 25.3 Å². The maximum absolute atomic E-state index is 11.8. The number of aliphatic hydroxyl groups excluding tert-OH is 2. The van der Waals surface area contributed by atoms with E-state index in [1.54, 1.807) is 0 Å². The standard InChI is InChI=1S/C14H16N10O4/c15-13-19-9-7(11(27)21-13)17-3-23(9)5(25)1-2-6(26)24-4-18-8-10(24)20-14(16)22-12(8)28/h3-6,25-26H,1-2H2,(H3,15,19,21,27)(H3,16,20,22,28)/t5-,6-/m1/s1. The summed E-state index contributed by atoms with van der Waals surface area (Å²) in [5.74, 6) is -0.212. The van der Waals surface area contributed by atoms with Gasteiger partial charge in [0.25, 0.3) is 11.1 Å². The van der Waals surface area contributed by atoms with Crippen molar-refractivity contribution >= 4 is 34.2 Å². The molecule has 0 spiro atoms. The van der Waals surface area contributed by atoms with E-state index in [9.17, 15) is 19.8 Å². The number of aliphatic hydroxyl groups is 2. The smallest absolute Gasteiger partial charge is 0.280 e. The summed E-state index contributed by atoms with van der Waals surface area (Å²) in [6.07, 6.45) is 0.392. The van der Waals surface area contributed by atoms with Gasteiger partial charge in [-0.05, 0) is 12.8 Å². The Balaban J connectivity index is 1.57. The Morgan fingerprint density at radius 2 is 1.25 bits per heavy atom. The van der Waals surface area contributed by atoms with Crippen molar-refractivity contribution in [2.24, 2.45) is 0 Å². The van der Waals surface area contributed by atoms with Crippen LogP contribution in [0.4, 0.5) is 11.9 Å². The fraction of sp³-hybridized carbons (Fsp3) is 0.286. The Bertz CT molecular complexity index is 1180. The number of aromatic amines is 2. The lowest BCUT2D eigenvalue weighted by Gasteiger charge is -2.17. The average molecular weight is 388 g/mol. The zero-order valence-electron chi connectivity index (χ0n) is 14.3. The normalized spacial score (nSPS) is 13.9. The summed E-state index contributed by atoms with van der Waals surface area (Å²) < 4.78 is 2.56. The second-order valence-electron chi connectivity index (χ2n) is 6.09. The predicted octanol–water partition coefficient (Wildman–Crippen LogP) is -1.82. The number of anilines is 2. The third-order valence-electron chi connectivity index (χ3n) is 4.23. The molecule has 8 N–H and O–H groups in total. The predicted molar refractivity (Wildman–Crippen MR) is 96.9 cm³/mol. The van der Waals surface area contributed by atoms with Crippen LogP contribution in [0.3, 0.4) is 0 Å². The molecule has 0 aromatic carbocycles. The molecule has 0 aliphatic rings. The van der Waals surface area contributed by atoms with E-state index in [0.717, 1.165) is 0 Å². The summed E-state index contributed by atoms with van der Waals surface area (Å²) in [6.45, 7) is 0. The molecule has 0 bridgehead atoms. The lowest BCUT2D eigenvalue weighted by atomic mass is 10.2. The van der Waals surface area contributed by atoms with Crippen molar-refractivity contribution in [2.75, 3.05) is 11.5 Å². The van der Waals surface area contributed by atoms with Gasteiger partial charge in [-0.25, -0.2) is 9.97 Å². The van der Waals surface area contributed by atoms with Gasteiger partial charge < -0.3 is 21.7 Å². The fourth-order valence-corrected chi connectivity index (χ4v) is 2.90. The Labute approximate surface area is 154 Å². The van der Waals surface area contributed by atoms with E-state index < -0.39 is 23.6 Å². The molecule has 0 saturated carbocycles.